The molecule has 2 heterocycles. The number of rotatable bonds is 3. The van der Waals surface area contributed by atoms with E-state index in [1.165, 1.54) is 4.70 Å². The van der Waals surface area contributed by atoms with Gasteiger partial charge in [-0.2, -0.15) is 0 Å². The summed E-state index contributed by atoms with van der Waals surface area (Å²) in [6, 6.07) is 8.41. The first-order chi connectivity index (χ1) is 8.33. The molecule has 1 N–H and O–H groups in total. The Morgan fingerprint density at radius 1 is 1.29 bits per heavy atom. The Kier molecular flexibility index (Phi) is 2.78. The highest BCUT2D eigenvalue weighted by Crippen LogP contribution is 2.28. The molecule has 0 saturated heterocycles. The number of hydrogen-bond acceptors (Lipinski definition) is 5. The molecule has 0 saturated carbocycles. The van der Waals surface area contributed by atoms with Gasteiger partial charge in [-0.15, -0.1) is 22.7 Å². The van der Waals surface area contributed by atoms with Crippen molar-refractivity contribution < 1.29 is 0 Å². The first kappa shape index (κ1) is 10.7. The van der Waals surface area contributed by atoms with Crippen LogP contribution in [0.5, 0.6) is 0 Å². The summed E-state index contributed by atoms with van der Waals surface area (Å²) in [6.07, 6.45) is 1.80. The van der Waals surface area contributed by atoms with Crippen LogP contribution in [0, 0.1) is 0 Å². The summed E-state index contributed by atoms with van der Waals surface area (Å²) in [5, 5.41) is 7.36. The summed E-state index contributed by atoms with van der Waals surface area (Å²) in [7, 11) is 0. The Morgan fingerprint density at radius 3 is 2.94 bits per heavy atom. The van der Waals surface area contributed by atoms with Crippen molar-refractivity contribution in [3.05, 3.63) is 40.8 Å². The van der Waals surface area contributed by atoms with E-state index in [0.29, 0.717) is 0 Å². The van der Waals surface area contributed by atoms with Crippen molar-refractivity contribution in [2.24, 2.45) is 0 Å². The fraction of sp³-hybridized carbons (Fsp3) is 0.167. The summed E-state index contributed by atoms with van der Waals surface area (Å²) in [4.78, 5) is 8.85. The number of nitrogens with one attached hydrogen (secondary N) is 1. The lowest BCUT2D eigenvalue weighted by atomic mass is 10.3. The molecule has 0 aliphatic rings. The summed E-state index contributed by atoms with van der Waals surface area (Å²) in [5.74, 6) is 0. The van der Waals surface area contributed by atoms with Gasteiger partial charge in [0, 0.05) is 11.6 Å². The molecule has 0 bridgehead atoms. The number of thiazole rings is 2. The molecule has 5 heteroatoms. The van der Waals surface area contributed by atoms with Crippen LogP contribution in [0.3, 0.4) is 0 Å². The fourth-order valence-corrected chi connectivity index (χ4v) is 3.20. The van der Waals surface area contributed by atoms with Gasteiger partial charge in [0.15, 0.2) is 5.13 Å². The van der Waals surface area contributed by atoms with Crippen LogP contribution in [0.4, 0.5) is 5.13 Å². The number of anilines is 1. The number of nitrogens with zero attached hydrogens (tertiary/aromatic N) is 2. The highest BCUT2D eigenvalue weighted by Gasteiger charge is 2.11. The molecule has 1 atom stereocenters. The minimum atomic E-state index is 0.193. The smallest absolute Gasteiger partial charge is 0.183 e. The number of benzene rings is 1. The molecular formula is C12H11N3S2. The quantitative estimate of drug-likeness (QED) is 0.776. The fourth-order valence-electron chi connectivity index (χ4n) is 1.62. The van der Waals surface area contributed by atoms with E-state index in [0.717, 1.165) is 15.7 Å². The summed E-state index contributed by atoms with van der Waals surface area (Å²) in [5.41, 5.74) is 1.07. The SMILES string of the molecule is CC(Nc1nccs1)c1nc2ccccc2s1. The second-order valence-electron chi connectivity index (χ2n) is 3.72. The molecule has 0 aliphatic heterocycles. The van der Waals surface area contributed by atoms with Crippen molar-refractivity contribution in [1.82, 2.24) is 9.97 Å². The Balaban J connectivity index is 1.88. The van der Waals surface area contributed by atoms with E-state index in [1.807, 2.05) is 23.6 Å². The molecule has 0 fully saturated rings. The topological polar surface area (TPSA) is 37.8 Å². The predicted molar refractivity (Wildman–Crippen MR) is 73.8 cm³/mol. The monoisotopic (exact) mass is 261 g/mol. The third-order valence-corrected chi connectivity index (χ3v) is 4.38. The Morgan fingerprint density at radius 2 is 2.18 bits per heavy atom. The maximum atomic E-state index is 4.63. The molecule has 1 aromatic carbocycles. The predicted octanol–water partition coefficient (Wildman–Crippen LogP) is 3.93. The van der Waals surface area contributed by atoms with Gasteiger partial charge in [0.05, 0.1) is 16.3 Å². The first-order valence-corrected chi connectivity index (χ1v) is 7.04. The Hall–Kier alpha value is -1.46. The zero-order chi connectivity index (χ0) is 11.7. The van der Waals surface area contributed by atoms with Gasteiger partial charge in [-0.1, -0.05) is 12.1 Å². The average Bonchev–Trinajstić information content (AvgIpc) is 2.96. The molecule has 2 aromatic heterocycles. The lowest BCUT2D eigenvalue weighted by Gasteiger charge is -2.08. The number of para-hydroxylation sites is 1. The lowest BCUT2D eigenvalue weighted by Crippen LogP contribution is -2.05. The van der Waals surface area contributed by atoms with Crippen LogP contribution in [-0.2, 0) is 0 Å². The molecule has 0 spiro atoms. The second kappa shape index (κ2) is 4.43. The lowest BCUT2D eigenvalue weighted by molar-refractivity contribution is 0.871. The summed E-state index contributed by atoms with van der Waals surface area (Å²) < 4.78 is 1.23. The third kappa shape index (κ3) is 2.16. The van der Waals surface area contributed by atoms with Crippen LogP contribution < -0.4 is 5.32 Å². The molecule has 3 aromatic rings. The largest absolute Gasteiger partial charge is 0.353 e. The van der Waals surface area contributed by atoms with Crippen molar-refractivity contribution in [2.75, 3.05) is 5.32 Å². The van der Waals surface area contributed by atoms with E-state index >= 15 is 0 Å². The van der Waals surface area contributed by atoms with Crippen LogP contribution >= 0.6 is 22.7 Å². The van der Waals surface area contributed by atoms with Crippen molar-refractivity contribution in [2.45, 2.75) is 13.0 Å². The Bertz CT molecular complexity index is 583. The molecule has 3 nitrogen and oxygen atoms in total. The molecule has 3 rings (SSSR count). The molecular weight excluding hydrogens is 250 g/mol. The van der Waals surface area contributed by atoms with Crippen LogP contribution in [-0.4, -0.2) is 9.97 Å². The van der Waals surface area contributed by atoms with Crippen molar-refractivity contribution in [3.63, 3.8) is 0 Å². The second-order valence-corrected chi connectivity index (χ2v) is 5.68. The van der Waals surface area contributed by atoms with Crippen LogP contribution in [0.15, 0.2) is 35.8 Å². The first-order valence-electron chi connectivity index (χ1n) is 5.34. The minimum Gasteiger partial charge on any atom is -0.353 e. The molecule has 0 radical (unpaired) electrons. The van der Waals surface area contributed by atoms with Gasteiger partial charge < -0.3 is 5.32 Å². The molecule has 0 amide bonds. The van der Waals surface area contributed by atoms with Gasteiger partial charge in [-0.3, -0.25) is 0 Å². The molecule has 86 valence electrons. The third-order valence-electron chi connectivity index (χ3n) is 2.45. The highest BCUT2D eigenvalue weighted by atomic mass is 32.1. The maximum absolute atomic E-state index is 4.63. The van der Waals surface area contributed by atoms with Gasteiger partial charge in [-0.25, -0.2) is 9.97 Å². The summed E-state index contributed by atoms with van der Waals surface area (Å²) in [6.45, 7) is 2.11. The van der Waals surface area contributed by atoms with Crippen molar-refractivity contribution >= 4 is 38.0 Å². The van der Waals surface area contributed by atoms with Crippen molar-refractivity contribution in [3.8, 4) is 0 Å². The van der Waals surface area contributed by atoms with E-state index in [1.54, 1.807) is 28.9 Å². The maximum Gasteiger partial charge on any atom is 0.183 e. The van der Waals surface area contributed by atoms with Crippen LogP contribution in [0.25, 0.3) is 10.2 Å². The zero-order valence-electron chi connectivity index (χ0n) is 9.25. The molecule has 0 aliphatic carbocycles. The van der Waals surface area contributed by atoms with Crippen molar-refractivity contribution in [1.29, 1.82) is 0 Å². The molecule has 1 unspecified atom stereocenters. The minimum absolute atomic E-state index is 0.193. The average molecular weight is 261 g/mol. The zero-order valence-corrected chi connectivity index (χ0v) is 10.9. The van der Waals surface area contributed by atoms with Gasteiger partial charge in [-0.05, 0) is 19.1 Å². The van der Waals surface area contributed by atoms with Gasteiger partial charge >= 0.3 is 0 Å². The Labute approximate surface area is 107 Å². The standard InChI is InChI=1S/C12H11N3S2/c1-8(14-12-13-6-7-16-12)11-15-9-4-2-3-5-10(9)17-11/h2-8H,1H3,(H,13,14). The summed E-state index contributed by atoms with van der Waals surface area (Å²) >= 11 is 3.34. The van der Waals surface area contributed by atoms with Gasteiger partial charge in [0.1, 0.15) is 5.01 Å². The molecule has 17 heavy (non-hydrogen) atoms. The van der Waals surface area contributed by atoms with E-state index in [4.69, 9.17) is 0 Å². The normalized spacial score (nSPS) is 12.8. The van der Waals surface area contributed by atoms with E-state index in [-0.39, 0.29) is 6.04 Å². The van der Waals surface area contributed by atoms with Gasteiger partial charge in [0.25, 0.3) is 0 Å². The number of hydrogen-bond donors (Lipinski definition) is 1. The van der Waals surface area contributed by atoms with E-state index < -0.39 is 0 Å². The van der Waals surface area contributed by atoms with Crippen LogP contribution in [0.2, 0.25) is 0 Å². The van der Waals surface area contributed by atoms with E-state index in [9.17, 15) is 0 Å². The van der Waals surface area contributed by atoms with Gasteiger partial charge in [0.2, 0.25) is 0 Å². The number of aromatic nitrogens is 2. The highest BCUT2D eigenvalue weighted by molar-refractivity contribution is 7.18. The van der Waals surface area contributed by atoms with E-state index in [2.05, 4.69) is 28.3 Å². The van der Waals surface area contributed by atoms with Crippen LogP contribution in [0.1, 0.15) is 18.0 Å². The number of fused-ring (bicyclic) bond motifs is 1.